The molecule has 1 saturated carbocycles. The van der Waals surface area contributed by atoms with Gasteiger partial charge in [-0.25, -0.2) is 0 Å². The number of nitrogens with one attached hydrogen (secondary N) is 2. The van der Waals surface area contributed by atoms with Crippen LogP contribution < -0.4 is 10.6 Å². The van der Waals surface area contributed by atoms with Crippen LogP contribution in [0.4, 0.5) is 26.3 Å². The lowest BCUT2D eigenvalue weighted by atomic mass is 9.75. The summed E-state index contributed by atoms with van der Waals surface area (Å²) in [5.41, 5.74) is -1.63. The molecule has 1 heterocycles. The summed E-state index contributed by atoms with van der Waals surface area (Å²) in [4.78, 5) is 16.5. The van der Waals surface area contributed by atoms with Crippen LogP contribution >= 0.6 is 34.8 Å². The largest absolute Gasteiger partial charge is 0.435 e. The van der Waals surface area contributed by atoms with Crippen LogP contribution in [-0.2, 0) is 15.2 Å². The highest BCUT2D eigenvalue weighted by Gasteiger charge is 2.62. The van der Waals surface area contributed by atoms with Crippen LogP contribution in [0.1, 0.15) is 41.9 Å². The Balaban J connectivity index is 1.36. The lowest BCUT2D eigenvalue weighted by molar-refractivity contribution is -0.275. The van der Waals surface area contributed by atoms with Crippen molar-refractivity contribution < 1.29 is 36.0 Å². The Morgan fingerprint density at radius 2 is 1.63 bits per heavy atom. The van der Waals surface area contributed by atoms with Gasteiger partial charge >= 0.3 is 12.4 Å². The van der Waals surface area contributed by atoms with Gasteiger partial charge in [-0.2, -0.15) is 26.3 Å². The quantitative estimate of drug-likeness (QED) is 0.273. The zero-order valence-electron chi connectivity index (χ0n) is 19.3. The van der Waals surface area contributed by atoms with Crippen molar-refractivity contribution in [3.8, 4) is 0 Å². The van der Waals surface area contributed by atoms with E-state index in [1.807, 2.05) is 0 Å². The minimum atomic E-state index is -4.84. The van der Waals surface area contributed by atoms with E-state index in [9.17, 15) is 31.1 Å². The molecule has 1 atom stereocenters. The van der Waals surface area contributed by atoms with Crippen LogP contribution in [0.5, 0.6) is 0 Å². The smallest absolute Gasteiger partial charge is 0.374 e. The molecule has 4 rings (SSSR count). The first-order valence-electron chi connectivity index (χ1n) is 11.3. The van der Waals surface area contributed by atoms with Crippen molar-refractivity contribution in [2.24, 2.45) is 5.16 Å². The van der Waals surface area contributed by atoms with E-state index < -0.39 is 36.8 Å². The van der Waals surface area contributed by atoms with Gasteiger partial charge in [0.25, 0.3) is 5.60 Å². The summed E-state index contributed by atoms with van der Waals surface area (Å²) in [6.45, 7) is -1.61. The summed E-state index contributed by atoms with van der Waals surface area (Å²) >= 11 is 17.8. The summed E-state index contributed by atoms with van der Waals surface area (Å²) in [7, 11) is 0. The average molecular weight is 603 g/mol. The van der Waals surface area contributed by atoms with E-state index in [0.717, 1.165) is 17.7 Å². The van der Waals surface area contributed by atoms with Gasteiger partial charge in [0.2, 0.25) is 5.91 Å². The predicted molar refractivity (Wildman–Crippen MR) is 131 cm³/mol. The van der Waals surface area contributed by atoms with Gasteiger partial charge in [0, 0.05) is 18.0 Å². The molecule has 14 heteroatoms. The Bertz CT molecular complexity index is 1210. The molecule has 2 aromatic carbocycles. The highest BCUT2D eigenvalue weighted by Crippen LogP contribution is 2.50. The van der Waals surface area contributed by atoms with Crippen LogP contribution in [0.15, 0.2) is 41.6 Å². The fourth-order valence-electron chi connectivity index (χ4n) is 4.35. The van der Waals surface area contributed by atoms with E-state index in [1.165, 1.54) is 0 Å². The molecule has 0 bridgehead atoms. The van der Waals surface area contributed by atoms with Crippen molar-refractivity contribution in [2.75, 3.05) is 13.1 Å². The van der Waals surface area contributed by atoms with Gasteiger partial charge in [0.1, 0.15) is 6.54 Å². The molecule has 206 valence electrons. The minimum absolute atomic E-state index is 0.0330. The van der Waals surface area contributed by atoms with Crippen molar-refractivity contribution in [1.29, 1.82) is 0 Å². The van der Waals surface area contributed by atoms with Gasteiger partial charge in [0.05, 0.1) is 27.3 Å². The maximum Gasteiger partial charge on any atom is 0.435 e. The van der Waals surface area contributed by atoms with Crippen molar-refractivity contribution in [3.05, 3.63) is 68.2 Å². The highest BCUT2D eigenvalue weighted by molar-refractivity contribution is 6.48. The molecule has 0 spiro atoms. The normalized spacial score (nSPS) is 23.4. The Morgan fingerprint density at radius 1 is 1.03 bits per heavy atom. The van der Waals surface area contributed by atoms with Crippen LogP contribution in [0.25, 0.3) is 0 Å². The lowest BCUT2D eigenvalue weighted by Gasteiger charge is -2.36. The monoisotopic (exact) mass is 601 g/mol. The second kappa shape index (κ2) is 10.7. The lowest BCUT2D eigenvalue weighted by Crippen LogP contribution is -2.46. The molecule has 2 N–H and O–H groups in total. The number of carbonyl (C=O) groups is 1. The first-order valence-corrected chi connectivity index (χ1v) is 12.5. The fourth-order valence-corrected chi connectivity index (χ4v) is 4.95. The minimum Gasteiger partial charge on any atom is -0.374 e. The Kier molecular flexibility index (Phi) is 8.14. The molecule has 38 heavy (non-hydrogen) atoms. The number of nitrogens with zero attached hydrogens (tertiary/aromatic N) is 1. The number of benzene rings is 2. The van der Waals surface area contributed by atoms with Crippen LogP contribution in [0.3, 0.4) is 0 Å². The molecule has 1 aliphatic carbocycles. The molecule has 0 aromatic heterocycles. The molecule has 1 fully saturated rings. The summed E-state index contributed by atoms with van der Waals surface area (Å²) in [6.07, 6.45) is -8.59. The summed E-state index contributed by atoms with van der Waals surface area (Å²) in [6, 6.07) is 8.94. The van der Waals surface area contributed by atoms with Gasteiger partial charge < -0.3 is 15.5 Å². The maximum absolute atomic E-state index is 14.2. The van der Waals surface area contributed by atoms with Crippen LogP contribution in [-0.4, -0.2) is 43.1 Å². The second-order valence-electron chi connectivity index (χ2n) is 9.14. The topological polar surface area (TPSA) is 62.7 Å². The molecule has 5 nitrogen and oxygen atoms in total. The number of carbonyl (C=O) groups excluding carboxylic acids is 1. The van der Waals surface area contributed by atoms with E-state index in [4.69, 9.17) is 39.6 Å². The zero-order chi connectivity index (χ0) is 27.9. The number of hydrogen-bond acceptors (Lipinski definition) is 4. The van der Waals surface area contributed by atoms with E-state index in [1.54, 1.807) is 29.6 Å². The van der Waals surface area contributed by atoms with Crippen molar-refractivity contribution >= 4 is 46.4 Å². The van der Waals surface area contributed by atoms with Crippen molar-refractivity contribution in [3.63, 3.8) is 0 Å². The molecule has 1 amide bonds. The molecule has 0 saturated heterocycles. The summed E-state index contributed by atoms with van der Waals surface area (Å²) in [5.74, 6) is -0.609. The SMILES string of the molecule is O=C(CNC1CC(c2ccc(C3=NOC(c4cc(Cl)c(Cl)c(Cl)c4)(C(F)(F)F)C3)cc2)C1)NCC(F)(F)F. The highest BCUT2D eigenvalue weighted by atomic mass is 35.5. The van der Waals surface area contributed by atoms with Gasteiger partial charge in [-0.3, -0.25) is 4.79 Å². The third kappa shape index (κ3) is 6.16. The molecule has 1 unspecified atom stereocenters. The molecule has 1 aliphatic heterocycles. The Morgan fingerprint density at radius 3 is 2.18 bits per heavy atom. The number of halogens is 9. The van der Waals surface area contributed by atoms with Gasteiger partial charge in [0.15, 0.2) is 0 Å². The molecular formula is C24H20Cl3F6N3O2. The number of hydrogen-bond donors (Lipinski definition) is 2. The summed E-state index contributed by atoms with van der Waals surface area (Å²) < 4.78 is 79.1. The summed E-state index contributed by atoms with van der Waals surface area (Å²) in [5, 5.41) is 8.09. The Labute approximate surface area is 228 Å². The first kappa shape index (κ1) is 28.8. The fraction of sp³-hybridized carbons (Fsp3) is 0.417. The van der Waals surface area contributed by atoms with E-state index in [2.05, 4.69) is 10.5 Å². The number of rotatable bonds is 7. The second-order valence-corrected chi connectivity index (χ2v) is 10.3. The average Bonchev–Trinajstić information content (AvgIpc) is 3.27. The molecule has 2 aromatic rings. The molecule has 2 aliphatic rings. The van der Waals surface area contributed by atoms with Gasteiger partial charge in [-0.05, 0) is 42.0 Å². The van der Waals surface area contributed by atoms with E-state index in [0.29, 0.717) is 18.4 Å². The van der Waals surface area contributed by atoms with Crippen LogP contribution in [0, 0.1) is 0 Å². The maximum atomic E-state index is 14.2. The number of amides is 1. The van der Waals surface area contributed by atoms with Crippen LogP contribution in [0.2, 0.25) is 15.1 Å². The molecule has 0 radical (unpaired) electrons. The molecular weight excluding hydrogens is 583 g/mol. The van der Waals surface area contributed by atoms with Gasteiger partial charge in [-0.1, -0.05) is 64.2 Å². The predicted octanol–water partition coefficient (Wildman–Crippen LogP) is 6.74. The van der Waals surface area contributed by atoms with Crippen molar-refractivity contribution in [1.82, 2.24) is 10.6 Å². The number of oxime groups is 1. The third-order valence-corrected chi connectivity index (χ3v) is 7.72. The van der Waals surface area contributed by atoms with E-state index >= 15 is 0 Å². The number of alkyl halides is 6. The van der Waals surface area contributed by atoms with Crippen molar-refractivity contribution in [2.45, 2.75) is 49.2 Å². The zero-order valence-corrected chi connectivity index (χ0v) is 21.6. The first-order chi connectivity index (χ1) is 17.7. The standard InChI is InChI=1S/C24H20Cl3F6N3O2/c25-17-7-15(8-18(26)21(17)27)22(24(31,32)33)9-19(36-38-22)13-3-1-12(2-4-13)14-5-16(6-14)34-10-20(37)35-11-23(28,29)30/h1-4,7-8,14,16,34H,5-6,9-11H2,(H,35,37). The van der Waals surface area contributed by atoms with Gasteiger partial charge in [-0.15, -0.1) is 0 Å². The third-order valence-electron chi connectivity index (χ3n) is 6.53. The Hall–Kier alpha value is -2.21. The van der Waals surface area contributed by atoms with E-state index in [-0.39, 0.29) is 44.8 Å².